The molecule has 0 saturated heterocycles. The normalized spacial score (nSPS) is 14.2. The predicted molar refractivity (Wildman–Crippen MR) is 458 cm³/mol. The van der Waals surface area contributed by atoms with Gasteiger partial charge in [-0.05, 0) is 232 Å². The Morgan fingerprint density at radius 1 is 0.212 bits per heavy atom. The fraction of sp³-hybridized carbons (Fsp3) is 0.0857. The molecule has 2 aromatic heterocycles. The average molecular weight is 1450 g/mol. The largest absolute Gasteiger partial charge is 0.404 e. The Labute approximate surface area is 652 Å². The van der Waals surface area contributed by atoms with E-state index in [9.17, 15) is 0 Å². The van der Waals surface area contributed by atoms with Gasteiger partial charge >= 0.3 is 5.91 Å². The summed E-state index contributed by atoms with van der Waals surface area (Å²) in [6.07, 6.45) is 6.41. The van der Waals surface area contributed by atoms with Gasteiger partial charge < -0.3 is 0 Å². The van der Waals surface area contributed by atoms with Crippen LogP contribution in [0.25, 0.3) is 64.6 Å². The lowest BCUT2D eigenvalue weighted by atomic mass is 9.90. The minimum Gasteiger partial charge on any atom is -0.192 e. The quantitative estimate of drug-likeness (QED) is 0.0866. The number of hydrogen-bond acceptors (Lipinski definition) is 4. The molecule has 16 aromatic carbocycles. The molecule has 0 fully saturated rings. The first kappa shape index (κ1) is 63.8. The van der Waals surface area contributed by atoms with Crippen molar-refractivity contribution in [2.75, 3.05) is 0 Å². The second-order valence-electron chi connectivity index (χ2n) is 31.7. The Hall–Kier alpha value is -14.1. The molecule has 530 valence electrons. The number of amidine groups is 4. The first-order chi connectivity index (χ1) is 55.9. The van der Waals surface area contributed by atoms with Gasteiger partial charge in [-0.3, -0.25) is 0 Å². The summed E-state index contributed by atoms with van der Waals surface area (Å²) in [6.45, 7) is 0. The zero-order valence-electron chi connectivity index (χ0n) is 62.1. The van der Waals surface area contributed by atoms with Crippen molar-refractivity contribution in [3.05, 3.63) is 462 Å². The molecular weight excluding hydrogens is 1370 g/mol. The van der Waals surface area contributed by atoms with Crippen molar-refractivity contribution >= 4 is 99.6 Å². The lowest BCUT2D eigenvalue weighted by Gasteiger charge is -2.40. The van der Waals surface area contributed by atoms with Gasteiger partial charge in [0.2, 0.25) is 22.6 Å². The smallest absolute Gasteiger partial charge is 0.192 e. The molecule has 0 atom stereocenters. The molecule has 1 spiro atoms. The van der Waals surface area contributed by atoms with Crippen LogP contribution in [-0.2, 0) is 57.3 Å². The Morgan fingerprint density at radius 2 is 0.425 bits per heavy atom. The van der Waals surface area contributed by atoms with Crippen LogP contribution in [-0.4, -0.2) is 41.6 Å². The van der Waals surface area contributed by atoms with Gasteiger partial charge in [-0.2, -0.15) is 9.13 Å². The molecule has 0 radical (unpaired) electrons. The molecule has 8 nitrogen and oxygen atoms in total. The molecule has 6 aliphatic rings. The fourth-order valence-electron chi connectivity index (χ4n) is 19.5. The monoisotopic (exact) mass is 1440 g/mol. The number of benzene rings is 16. The highest BCUT2D eigenvalue weighted by atomic mass is 15.7. The third-order valence-corrected chi connectivity index (χ3v) is 24.7. The number of rotatable bonds is 16. The average Bonchev–Trinajstić information content (AvgIpc) is 1.47. The summed E-state index contributed by atoms with van der Waals surface area (Å²) in [4.78, 5) is 24.9. The Kier molecular flexibility index (Phi) is 14.1. The summed E-state index contributed by atoms with van der Waals surface area (Å²) in [6, 6.07) is 127. The van der Waals surface area contributed by atoms with Crippen LogP contribution in [0.4, 0.5) is 11.6 Å². The summed E-state index contributed by atoms with van der Waals surface area (Å²) >= 11 is 0. The van der Waals surface area contributed by atoms with E-state index < -0.39 is 5.91 Å². The lowest BCUT2D eigenvalue weighted by molar-refractivity contribution is -0.790. The van der Waals surface area contributed by atoms with Crippen molar-refractivity contribution < 1.29 is 9.15 Å². The molecule has 0 bridgehead atoms. The van der Waals surface area contributed by atoms with Crippen LogP contribution in [0.5, 0.6) is 0 Å². The molecule has 8 heterocycles. The second-order valence-corrected chi connectivity index (χ2v) is 31.7. The summed E-state index contributed by atoms with van der Waals surface area (Å²) in [5.41, 5.74) is 26.5. The predicted octanol–water partition coefficient (Wildman–Crippen LogP) is 21.0. The van der Waals surface area contributed by atoms with Crippen LogP contribution in [0.15, 0.2) is 360 Å². The second kappa shape index (κ2) is 25.0. The Balaban J connectivity index is 0.816. The maximum atomic E-state index is 6.22. The van der Waals surface area contributed by atoms with E-state index >= 15 is 0 Å². The van der Waals surface area contributed by atoms with E-state index in [0.717, 1.165) is 184 Å². The number of nitrogens with zero attached hydrogens (tertiary/aromatic N) is 8. The topological polar surface area (TPSA) is 65.3 Å². The number of hydrogen-bond donors (Lipinski definition) is 0. The summed E-state index contributed by atoms with van der Waals surface area (Å²) < 4.78 is 10.0. The van der Waals surface area contributed by atoms with Crippen LogP contribution >= 0.6 is 0 Å². The Morgan fingerprint density at radius 3 is 0.664 bits per heavy atom. The van der Waals surface area contributed by atoms with Crippen molar-refractivity contribution in [2.45, 2.75) is 57.3 Å². The van der Waals surface area contributed by atoms with Gasteiger partial charge in [-0.1, -0.05) is 311 Å². The van der Waals surface area contributed by atoms with Crippen LogP contribution in [0, 0.1) is 0 Å². The van der Waals surface area contributed by atoms with Gasteiger partial charge in [0.15, 0.2) is 0 Å². The molecule has 0 amide bonds. The Bertz CT molecular complexity index is 6970. The van der Waals surface area contributed by atoms with Crippen LogP contribution in [0.3, 0.4) is 0 Å². The molecule has 0 unspecified atom stereocenters. The zero-order valence-corrected chi connectivity index (χ0v) is 62.1. The minimum absolute atomic E-state index is 0.801. The molecular formula is C105H72N8+2. The summed E-state index contributed by atoms with van der Waals surface area (Å²) in [5.74, 6) is 3.76. The third kappa shape index (κ3) is 10.2. The van der Waals surface area contributed by atoms with E-state index in [4.69, 9.17) is 20.0 Å². The number of aliphatic imine (C=N–C) groups is 2. The van der Waals surface area contributed by atoms with Crippen molar-refractivity contribution in [3.63, 3.8) is 0 Å². The van der Waals surface area contributed by atoms with Crippen LogP contribution < -0.4 is 11.0 Å². The molecule has 24 rings (SSSR count). The van der Waals surface area contributed by atoms with Crippen molar-refractivity contribution in [1.82, 2.24) is 9.13 Å². The fourth-order valence-corrected chi connectivity index (χ4v) is 19.5. The number of fused-ring (bicyclic) bond motifs is 16. The van der Waals surface area contributed by atoms with Gasteiger partial charge in [-0.15, -0.1) is 9.15 Å². The van der Waals surface area contributed by atoms with Gasteiger partial charge in [0.25, 0.3) is 23.3 Å². The van der Waals surface area contributed by atoms with Crippen molar-refractivity contribution in [2.24, 2.45) is 20.0 Å². The number of aromatic nitrogens is 2. The van der Waals surface area contributed by atoms with Crippen LogP contribution in [0.2, 0.25) is 0 Å². The lowest BCUT2D eigenvalue weighted by Crippen LogP contribution is -2.71. The molecule has 0 saturated carbocycles. The van der Waals surface area contributed by atoms with E-state index in [1.54, 1.807) is 0 Å². The zero-order chi connectivity index (χ0) is 74.0. The minimum atomic E-state index is -1.30. The molecule has 18 aromatic rings. The molecule has 113 heavy (non-hydrogen) atoms. The van der Waals surface area contributed by atoms with E-state index in [1.807, 2.05) is 0 Å². The molecule has 0 N–H and O–H groups in total. The highest BCUT2D eigenvalue weighted by molar-refractivity contribution is 6.23. The van der Waals surface area contributed by atoms with Crippen LogP contribution in [0.1, 0.15) is 111 Å². The highest BCUT2D eigenvalue weighted by Crippen LogP contribution is 2.54. The maximum Gasteiger partial charge on any atom is 0.404 e. The third-order valence-electron chi connectivity index (χ3n) is 24.7. The highest BCUT2D eigenvalue weighted by Gasteiger charge is 2.69. The summed E-state index contributed by atoms with van der Waals surface area (Å²) in [5, 5.41) is 13.4. The van der Waals surface area contributed by atoms with Gasteiger partial charge in [0.05, 0.1) is 22.3 Å². The van der Waals surface area contributed by atoms with E-state index in [2.05, 4.69) is 358 Å². The summed E-state index contributed by atoms with van der Waals surface area (Å²) in [7, 11) is 0. The van der Waals surface area contributed by atoms with E-state index in [0.29, 0.717) is 0 Å². The van der Waals surface area contributed by atoms with E-state index in [-0.39, 0.29) is 0 Å². The standard InChI is InChI=1S/C105H72N8/c1-9-25-65(26-10-1)41-73-49-81-57-89-90(58-82(81)50-74(73)42-66-27-11-2-12-28-66)98-107-100-93-61-85-53-77(45-69-33-17-5-18-34-69)78(46-70-35-19-6-20-36-70)54-86(85)62-94(93)102-109-104-96-64-88-56-80(48-72-39-23-8-24-40-72)79(47-71-37-21-7-22-38-71)55-87(88)63-95(96)103-108-101-92-60-84-52-76(44-68-31-15-4-16-32-68)75(43-67-29-13-3-14-30-67)51-83(84)59-91(92)99-106-97(89)110(98)105(111(99)101,112(100)102)113(103)104/h1-40,49-64H,41-48H2/q+2. The van der Waals surface area contributed by atoms with E-state index in [1.165, 1.54) is 89.0 Å². The molecule has 8 heteroatoms. The maximum absolute atomic E-state index is 6.22. The van der Waals surface area contributed by atoms with Crippen molar-refractivity contribution in [1.29, 1.82) is 0 Å². The van der Waals surface area contributed by atoms with Crippen molar-refractivity contribution in [3.8, 4) is 0 Å². The molecule has 6 aliphatic heterocycles. The van der Waals surface area contributed by atoms with Gasteiger partial charge in [0.1, 0.15) is 0 Å². The SMILES string of the molecule is c1ccc(Cc2cc3cc4c(cc3cc2Cc2ccccc2)C2=[N+]3C4=Nc4c5cc6cc(Cc7ccccc7)c(Cc7ccccc7)cc6cc5c5n4C34n3c(c6cc7cc(Cc8ccccc8)c(Cc8ccccc8)cc7cc6c3=NC3=[N+]4C(=N5)c4cc5cc(Cc6ccccc6)c(Cc6ccccc6)cc5cc43)=N2)cc1. The first-order valence-corrected chi connectivity index (χ1v) is 39.7. The molecule has 0 aliphatic carbocycles. The first-order valence-electron chi connectivity index (χ1n) is 39.7. The van der Waals surface area contributed by atoms with Gasteiger partial charge in [0, 0.05) is 21.5 Å². The van der Waals surface area contributed by atoms with Gasteiger partial charge in [-0.25, -0.2) is 0 Å².